The van der Waals surface area contributed by atoms with E-state index in [4.69, 9.17) is 28.4 Å². The molecule has 0 aromatic heterocycles. The van der Waals surface area contributed by atoms with E-state index in [0.29, 0.717) is 24.4 Å². The molecule has 1 heterocycles. The first-order valence-electron chi connectivity index (χ1n) is 5.73. The van der Waals surface area contributed by atoms with Gasteiger partial charge in [-0.2, -0.15) is 0 Å². The second-order valence-corrected chi connectivity index (χ2v) is 4.66. The highest BCUT2D eigenvalue weighted by molar-refractivity contribution is 7.80. The quantitative estimate of drug-likeness (QED) is 0.772. The third-order valence-electron chi connectivity index (χ3n) is 3.00. The van der Waals surface area contributed by atoms with Gasteiger partial charge in [0.15, 0.2) is 0 Å². The summed E-state index contributed by atoms with van der Waals surface area (Å²) >= 11 is 4.79. The summed E-state index contributed by atoms with van der Waals surface area (Å²) in [6.45, 7) is 0.975. The maximum absolute atomic E-state index is 14.1. The molecular formula is C12H14FN3O2S. The van der Waals surface area contributed by atoms with Gasteiger partial charge < -0.3 is 21.1 Å². The van der Waals surface area contributed by atoms with Gasteiger partial charge in [-0.3, -0.25) is 4.79 Å². The molecule has 7 heteroatoms. The van der Waals surface area contributed by atoms with Crippen LogP contribution in [-0.4, -0.2) is 36.7 Å². The number of ether oxygens (including phenoxy) is 1. The Morgan fingerprint density at radius 1 is 1.47 bits per heavy atom. The molecule has 0 spiro atoms. The summed E-state index contributed by atoms with van der Waals surface area (Å²) in [4.78, 5) is 13.1. The van der Waals surface area contributed by atoms with Gasteiger partial charge in [-0.15, -0.1) is 0 Å². The number of nitrogens with two attached hydrogens (primary N) is 2. The van der Waals surface area contributed by atoms with E-state index in [-0.39, 0.29) is 11.6 Å². The van der Waals surface area contributed by atoms with E-state index in [1.807, 2.05) is 0 Å². The minimum Gasteiger partial charge on any atom is -0.389 e. The van der Waals surface area contributed by atoms with Gasteiger partial charge in [-0.05, 0) is 18.2 Å². The Bertz CT molecular complexity index is 524. The van der Waals surface area contributed by atoms with Crippen LogP contribution in [0.1, 0.15) is 5.56 Å². The first kappa shape index (κ1) is 13.7. The molecule has 1 atom stereocenters. The number of rotatable bonds is 3. The average Bonchev–Trinajstić information content (AvgIpc) is 2.38. The fourth-order valence-corrected chi connectivity index (χ4v) is 2.15. The molecule has 1 saturated heterocycles. The summed E-state index contributed by atoms with van der Waals surface area (Å²) in [6, 6.07) is 3.75. The lowest BCUT2D eigenvalue weighted by molar-refractivity contribution is -0.121. The number of amides is 1. The van der Waals surface area contributed by atoms with Gasteiger partial charge in [-0.1, -0.05) is 12.2 Å². The zero-order chi connectivity index (χ0) is 14.0. The maximum Gasteiger partial charge on any atom is 0.242 e. The van der Waals surface area contributed by atoms with Crippen LogP contribution in [0.4, 0.5) is 10.1 Å². The van der Waals surface area contributed by atoms with Gasteiger partial charge in [-0.25, -0.2) is 4.39 Å². The summed E-state index contributed by atoms with van der Waals surface area (Å²) in [5.74, 6) is -1.03. The molecule has 4 N–H and O–H groups in total. The molecule has 1 amide bonds. The summed E-state index contributed by atoms with van der Waals surface area (Å²) in [7, 11) is 0. The number of nitrogens with zero attached hydrogens (tertiary/aromatic N) is 1. The Morgan fingerprint density at radius 3 is 2.79 bits per heavy atom. The number of anilines is 1. The number of carbonyl (C=O) groups excluding carboxylic acids is 1. The van der Waals surface area contributed by atoms with Gasteiger partial charge in [0, 0.05) is 12.1 Å². The minimum atomic E-state index is -0.668. The monoisotopic (exact) mass is 283 g/mol. The van der Waals surface area contributed by atoms with E-state index in [1.54, 1.807) is 17.0 Å². The zero-order valence-electron chi connectivity index (χ0n) is 10.1. The van der Waals surface area contributed by atoms with Crippen molar-refractivity contribution < 1.29 is 13.9 Å². The van der Waals surface area contributed by atoms with E-state index < -0.39 is 17.8 Å². The molecule has 1 aromatic carbocycles. The second kappa shape index (κ2) is 5.50. The molecule has 5 nitrogen and oxygen atoms in total. The SMILES string of the molecule is NC(=O)C1COCCN1c1ccc(C(N)=S)cc1F. The van der Waals surface area contributed by atoms with E-state index >= 15 is 0 Å². The number of hydrogen-bond acceptors (Lipinski definition) is 4. The number of morpholine rings is 1. The van der Waals surface area contributed by atoms with Crippen LogP contribution in [0.15, 0.2) is 18.2 Å². The van der Waals surface area contributed by atoms with Gasteiger partial charge in [0.25, 0.3) is 0 Å². The summed E-state index contributed by atoms with van der Waals surface area (Å²) < 4.78 is 19.3. The number of benzene rings is 1. The highest BCUT2D eigenvalue weighted by atomic mass is 32.1. The summed E-state index contributed by atoms with van der Waals surface area (Å²) in [5.41, 5.74) is 11.5. The summed E-state index contributed by atoms with van der Waals surface area (Å²) in [6.07, 6.45) is 0. The van der Waals surface area contributed by atoms with Crippen LogP contribution in [0.5, 0.6) is 0 Å². The molecule has 1 unspecified atom stereocenters. The molecule has 0 aliphatic carbocycles. The molecular weight excluding hydrogens is 269 g/mol. The smallest absolute Gasteiger partial charge is 0.242 e. The molecule has 2 rings (SSSR count). The Balaban J connectivity index is 2.34. The number of halogens is 1. The van der Waals surface area contributed by atoms with Crippen molar-refractivity contribution >= 4 is 28.8 Å². The number of carbonyl (C=O) groups is 1. The molecule has 1 aliphatic rings. The highest BCUT2D eigenvalue weighted by Gasteiger charge is 2.29. The van der Waals surface area contributed by atoms with Crippen molar-refractivity contribution in [1.29, 1.82) is 0 Å². The number of primary amides is 1. The molecule has 0 saturated carbocycles. The van der Waals surface area contributed by atoms with Crippen molar-refractivity contribution in [2.45, 2.75) is 6.04 Å². The Hall–Kier alpha value is -1.73. The molecule has 1 aromatic rings. The van der Waals surface area contributed by atoms with Gasteiger partial charge >= 0.3 is 0 Å². The Kier molecular flexibility index (Phi) is 3.96. The van der Waals surface area contributed by atoms with Crippen molar-refractivity contribution in [1.82, 2.24) is 0 Å². The fourth-order valence-electron chi connectivity index (χ4n) is 2.02. The van der Waals surface area contributed by atoms with E-state index in [1.165, 1.54) is 6.07 Å². The van der Waals surface area contributed by atoms with Gasteiger partial charge in [0.05, 0.1) is 18.9 Å². The fraction of sp³-hybridized carbons (Fsp3) is 0.333. The lowest BCUT2D eigenvalue weighted by Crippen LogP contribution is -2.53. The zero-order valence-corrected chi connectivity index (χ0v) is 11.0. The van der Waals surface area contributed by atoms with Crippen LogP contribution < -0.4 is 16.4 Å². The van der Waals surface area contributed by atoms with E-state index in [0.717, 1.165) is 0 Å². The Labute approximate surface area is 115 Å². The maximum atomic E-state index is 14.1. The third-order valence-corrected chi connectivity index (χ3v) is 3.23. The largest absolute Gasteiger partial charge is 0.389 e. The van der Waals surface area contributed by atoms with Crippen LogP contribution in [0.25, 0.3) is 0 Å². The average molecular weight is 283 g/mol. The Morgan fingerprint density at radius 2 is 2.21 bits per heavy atom. The lowest BCUT2D eigenvalue weighted by Gasteiger charge is -2.35. The standard InChI is InChI=1S/C12H14FN3O2S/c13-8-5-7(12(15)19)1-2-9(8)16-3-4-18-6-10(16)11(14)17/h1-2,5,10H,3-4,6H2,(H2,14,17)(H2,15,19). The van der Waals surface area contributed by atoms with Crippen LogP contribution >= 0.6 is 12.2 Å². The first-order valence-corrected chi connectivity index (χ1v) is 6.14. The number of hydrogen-bond donors (Lipinski definition) is 2. The van der Waals surface area contributed by atoms with E-state index in [9.17, 15) is 9.18 Å². The highest BCUT2D eigenvalue weighted by Crippen LogP contribution is 2.24. The third kappa shape index (κ3) is 2.82. The second-order valence-electron chi connectivity index (χ2n) is 4.22. The normalized spacial score (nSPS) is 19.2. The van der Waals surface area contributed by atoms with Crippen molar-refractivity contribution in [3.05, 3.63) is 29.6 Å². The molecule has 0 bridgehead atoms. The van der Waals surface area contributed by atoms with Crippen LogP contribution in [0.3, 0.4) is 0 Å². The van der Waals surface area contributed by atoms with Crippen molar-refractivity contribution in [3.8, 4) is 0 Å². The minimum absolute atomic E-state index is 0.124. The molecule has 19 heavy (non-hydrogen) atoms. The lowest BCUT2D eigenvalue weighted by atomic mass is 10.1. The van der Waals surface area contributed by atoms with Crippen LogP contribution in [0, 0.1) is 5.82 Å². The predicted octanol–water partition coefficient (Wildman–Crippen LogP) is 0.150. The van der Waals surface area contributed by atoms with Gasteiger partial charge in [0.2, 0.25) is 5.91 Å². The first-order chi connectivity index (χ1) is 9.00. The van der Waals surface area contributed by atoms with Crippen molar-refractivity contribution in [3.63, 3.8) is 0 Å². The van der Waals surface area contributed by atoms with Crippen molar-refractivity contribution in [2.24, 2.45) is 11.5 Å². The molecule has 0 radical (unpaired) electrons. The van der Waals surface area contributed by atoms with Crippen molar-refractivity contribution in [2.75, 3.05) is 24.7 Å². The molecule has 102 valence electrons. The van der Waals surface area contributed by atoms with E-state index in [2.05, 4.69) is 0 Å². The predicted molar refractivity (Wildman–Crippen MR) is 73.4 cm³/mol. The molecule has 1 aliphatic heterocycles. The topological polar surface area (TPSA) is 81.6 Å². The molecule has 1 fully saturated rings. The van der Waals surface area contributed by atoms with Gasteiger partial charge in [0.1, 0.15) is 16.8 Å². The summed E-state index contributed by atoms with van der Waals surface area (Å²) in [5, 5.41) is 0. The number of thiocarbonyl (C=S) groups is 1. The van der Waals surface area contributed by atoms with Crippen LogP contribution in [0.2, 0.25) is 0 Å². The van der Waals surface area contributed by atoms with Crippen LogP contribution in [-0.2, 0) is 9.53 Å².